The van der Waals surface area contributed by atoms with Gasteiger partial charge < -0.3 is 19.4 Å². The van der Waals surface area contributed by atoms with E-state index >= 15 is 0 Å². The molecule has 1 fully saturated rings. The summed E-state index contributed by atoms with van der Waals surface area (Å²) in [6.07, 6.45) is 6.40. The number of piperidine rings is 1. The van der Waals surface area contributed by atoms with E-state index in [9.17, 15) is 4.79 Å². The van der Waals surface area contributed by atoms with Crippen molar-refractivity contribution >= 4 is 11.7 Å². The molecular formula is C21H22N4O3. The number of para-hydroxylation sites is 1. The zero-order chi connectivity index (χ0) is 19.2. The summed E-state index contributed by atoms with van der Waals surface area (Å²) in [5.41, 5.74) is 0. The lowest BCUT2D eigenvalue weighted by molar-refractivity contribution is -0.125. The minimum absolute atomic E-state index is 0.0126. The molecule has 1 N–H and O–H groups in total. The van der Waals surface area contributed by atoms with E-state index in [2.05, 4.69) is 20.2 Å². The molecule has 0 spiro atoms. The Balaban J connectivity index is 1.35. The van der Waals surface area contributed by atoms with Crippen LogP contribution in [0.2, 0.25) is 0 Å². The van der Waals surface area contributed by atoms with Crippen molar-refractivity contribution in [2.75, 3.05) is 18.0 Å². The van der Waals surface area contributed by atoms with Crippen molar-refractivity contribution in [2.24, 2.45) is 5.92 Å². The maximum Gasteiger partial charge on any atom is 0.263 e. The highest BCUT2D eigenvalue weighted by molar-refractivity contribution is 5.78. The number of hydrogen-bond acceptors (Lipinski definition) is 6. The number of benzene rings is 1. The van der Waals surface area contributed by atoms with Gasteiger partial charge in [-0.2, -0.15) is 0 Å². The van der Waals surface area contributed by atoms with E-state index in [1.165, 1.54) is 0 Å². The van der Waals surface area contributed by atoms with E-state index in [0.29, 0.717) is 18.2 Å². The van der Waals surface area contributed by atoms with Gasteiger partial charge in [-0.3, -0.25) is 4.79 Å². The van der Waals surface area contributed by atoms with E-state index < -0.39 is 0 Å². The van der Waals surface area contributed by atoms with Crippen molar-refractivity contribution in [3.8, 4) is 11.6 Å². The van der Waals surface area contributed by atoms with Crippen LogP contribution in [-0.2, 0) is 11.3 Å². The predicted molar refractivity (Wildman–Crippen MR) is 104 cm³/mol. The molecule has 3 heterocycles. The van der Waals surface area contributed by atoms with Gasteiger partial charge in [0, 0.05) is 31.4 Å². The third kappa shape index (κ3) is 4.31. The average Bonchev–Trinajstić information content (AvgIpc) is 3.27. The van der Waals surface area contributed by atoms with Gasteiger partial charge in [-0.15, -0.1) is 0 Å². The van der Waals surface area contributed by atoms with E-state index in [1.807, 2.05) is 42.5 Å². The fourth-order valence-corrected chi connectivity index (χ4v) is 3.29. The molecule has 0 saturated carbocycles. The second-order valence-electron chi connectivity index (χ2n) is 6.66. The number of rotatable bonds is 6. The Morgan fingerprint density at radius 3 is 2.64 bits per heavy atom. The Morgan fingerprint density at radius 2 is 1.89 bits per heavy atom. The Bertz CT molecular complexity index is 891. The number of nitrogens with one attached hydrogen (secondary N) is 1. The van der Waals surface area contributed by atoms with Crippen molar-refractivity contribution in [2.45, 2.75) is 19.4 Å². The predicted octanol–water partition coefficient (Wildman–Crippen LogP) is 3.39. The lowest BCUT2D eigenvalue weighted by atomic mass is 9.96. The van der Waals surface area contributed by atoms with Crippen LogP contribution in [0.1, 0.15) is 18.6 Å². The summed E-state index contributed by atoms with van der Waals surface area (Å²) in [7, 11) is 0. The molecule has 1 aliphatic heterocycles. The summed E-state index contributed by atoms with van der Waals surface area (Å²) in [6.45, 7) is 1.87. The molecule has 144 valence electrons. The van der Waals surface area contributed by atoms with Crippen molar-refractivity contribution < 1.29 is 13.9 Å². The number of furan rings is 1. The first-order valence-electron chi connectivity index (χ1n) is 9.38. The zero-order valence-electron chi connectivity index (χ0n) is 15.5. The van der Waals surface area contributed by atoms with Crippen molar-refractivity contribution in [3.63, 3.8) is 0 Å². The smallest absolute Gasteiger partial charge is 0.263 e. The van der Waals surface area contributed by atoms with Gasteiger partial charge in [0.1, 0.15) is 11.5 Å². The van der Waals surface area contributed by atoms with Gasteiger partial charge in [0.15, 0.2) is 5.82 Å². The van der Waals surface area contributed by atoms with E-state index in [1.54, 1.807) is 18.7 Å². The molecule has 2 aromatic heterocycles. The maximum absolute atomic E-state index is 12.4. The normalized spacial score (nSPS) is 14.6. The molecule has 7 nitrogen and oxygen atoms in total. The van der Waals surface area contributed by atoms with Crippen molar-refractivity contribution in [1.82, 2.24) is 15.3 Å². The van der Waals surface area contributed by atoms with Gasteiger partial charge in [0.2, 0.25) is 5.91 Å². The minimum atomic E-state index is -0.0126. The summed E-state index contributed by atoms with van der Waals surface area (Å²) in [5, 5.41) is 2.95. The molecule has 1 aliphatic rings. The van der Waals surface area contributed by atoms with Gasteiger partial charge in [0.25, 0.3) is 5.88 Å². The van der Waals surface area contributed by atoms with Crippen LogP contribution in [0.4, 0.5) is 5.82 Å². The van der Waals surface area contributed by atoms with Crippen LogP contribution >= 0.6 is 0 Å². The van der Waals surface area contributed by atoms with Crippen molar-refractivity contribution in [3.05, 3.63) is 66.9 Å². The Kier molecular flexibility index (Phi) is 5.51. The first-order valence-corrected chi connectivity index (χ1v) is 9.38. The number of ether oxygens (including phenoxy) is 1. The molecule has 1 aromatic carbocycles. The Morgan fingerprint density at radius 1 is 1.11 bits per heavy atom. The summed E-state index contributed by atoms with van der Waals surface area (Å²) < 4.78 is 11.2. The number of nitrogens with zero attached hydrogens (tertiary/aromatic N) is 3. The molecule has 0 radical (unpaired) electrons. The highest BCUT2D eigenvalue weighted by Gasteiger charge is 2.27. The Labute approximate surface area is 163 Å². The molecule has 4 rings (SSSR count). The number of hydrogen-bond donors (Lipinski definition) is 1. The van der Waals surface area contributed by atoms with Gasteiger partial charge in [-0.05, 0) is 37.1 Å². The lowest BCUT2D eigenvalue weighted by Gasteiger charge is -2.32. The van der Waals surface area contributed by atoms with E-state index in [0.717, 1.165) is 37.4 Å². The summed E-state index contributed by atoms with van der Waals surface area (Å²) in [4.78, 5) is 23.4. The van der Waals surface area contributed by atoms with E-state index in [4.69, 9.17) is 9.15 Å². The maximum atomic E-state index is 12.4. The van der Waals surface area contributed by atoms with Gasteiger partial charge >= 0.3 is 0 Å². The van der Waals surface area contributed by atoms with Crippen molar-refractivity contribution in [1.29, 1.82) is 0 Å². The molecule has 1 amide bonds. The summed E-state index contributed by atoms with van der Waals surface area (Å²) >= 11 is 0. The van der Waals surface area contributed by atoms with Crippen LogP contribution in [0.5, 0.6) is 11.6 Å². The summed E-state index contributed by atoms with van der Waals surface area (Å²) in [5.74, 6) is 2.72. The molecule has 7 heteroatoms. The van der Waals surface area contributed by atoms with E-state index in [-0.39, 0.29) is 11.8 Å². The fourth-order valence-electron chi connectivity index (χ4n) is 3.29. The highest BCUT2D eigenvalue weighted by atomic mass is 16.5. The minimum Gasteiger partial charge on any atom is -0.467 e. The lowest BCUT2D eigenvalue weighted by Crippen LogP contribution is -2.40. The molecule has 1 saturated heterocycles. The molecule has 28 heavy (non-hydrogen) atoms. The van der Waals surface area contributed by atoms with Crippen LogP contribution in [-0.4, -0.2) is 29.0 Å². The van der Waals surface area contributed by atoms with Crippen LogP contribution in [0.3, 0.4) is 0 Å². The average molecular weight is 378 g/mol. The number of carbonyl (C=O) groups excluding carboxylic acids is 1. The highest BCUT2D eigenvalue weighted by Crippen LogP contribution is 2.30. The third-order valence-corrected chi connectivity index (χ3v) is 4.79. The van der Waals surface area contributed by atoms with Crippen LogP contribution in [0.15, 0.2) is 65.5 Å². The van der Waals surface area contributed by atoms with Crippen LogP contribution in [0, 0.1) is 5.92 Å². The molecular weight excluding hydrogens is 356 g/mol. The first kappa shape index (κ1) is 18.0. The standard InChI is InChI=1S/C21H22N4O3/c26-20(24-15-18-7-4-14-27-18)16-8-12-25(13-9-16)19-21(23-11-10-22-19)28-17-5-2-1-3-6-17/h1-7,10-11,14,16H,8-9,12-13,15H2,(H,24,26). The Hall–Kier alpha value is -3.35. The van der Waals surface area contributed by atoms with Gasteiger partial charge in [-0.1, -0.05) is 18.2 Å². The fraction of sp³-hybridized carbons (Fsp3) is 0.286. The second-order valence-corrected chi connectivity index (χ2v) is 6.66. The topological polar surface area (TPSA) is 80.5 Å². The molecule has 0 bridgehead atoms. The molecule has 0 aliphatic carbocycles. The zero-order valence-corrected chi connectivity index (χ0v) is 15.5. The summed E-state index contributed by atoms with van der Waals surface area (Å²) in [6, 6.07) is 13.2. The number of amides is 1. The van der Waals surface area contributed by atoms with Crippen LogP contribution < -0.4 is 15.0 Å². The monoisotopic (exact) mass is 378 g/mol. The first-order chi connectivity index (χ1) is 13.8. The molecule has 0 unspecified atom stereocenters. The van der Waals surface area contributed by atoms with Gasteiger partial charge in [-0.25, -0.2) is 9.97 Å². The molecule has 0 atom stereocenters. The molecule has 3 aromatic rings. The number of carbonyl (C=O) groups is 1. The van der Waals surface area contributed by atoms with Gasteiger partial charge in [0.05, 0.1) is 12.8 Å². The largest absolute Gasteiger partial charge is 0.467 e. The quantitative estimate of drug-likeness (QED) is 0.708. The number of anilines is 1. The second kappa shape index (κ2) is 8.56. The number of aromatic nitrogens is 2. The van der Waals surface area contributed by atoms with Crippen LogP contribution in [0.25, 0.3) is 0 Å². The SMILES string of the molecule is O=C(NCc1ccco1)C1CCN(c2nccnc2Oc2ccccc2)CC1. The third-order valence-electron chi connectivity index (χ3n) is 4.79.